The summed E-state index contributed by atoms with van der Waals surface area (Å²) in [5, 5.41) is 20.2. The second-order valence-corrected chi connectivity index (χ2v) is 3.37. The number of rotatable bonds is 3. The van der Waals surface area contributed by atoms with Gasteiger partial charge in [-0.1, -0.05) is 11.6 Å². The van der Waals surface area contributed by atoms with Crippen molar-refractivity contribution >= 4 is 28.2 Å². The smallest absolute Gasteiger partial charge is 0.0686 e. The number of hydrogen-bond acceptors (Lipinski definition) is 3. The van der Waals surface area contributed by atoms with E-state index in [4.69, 9.17) is 16.7 Å². The number of aliphatic hydroxyl groups is 1. The standard InChI is InChI=1S/C9H10ClN3O/c10-6-3-8(11-1-2-14)7-5-12-13-9(7)4-6/h3-5,11,14H,1-2H2,(H,12,13). The fourth-order valence-corrected chi connectivity index (χ4v) is 1.57. The summed E-state index contributed by atoms with van der Waals surface area (Å²) in [5.41, 5.74) is 1.77. The molecule has 1 aromatic heterocycles. The predicted octanol–water partition coefficient (Wildman–Crippen LogP) is 1.62. The number of aromatic nitrogens is 2. The van der Waals surface area contributed by atoms with Crippen LogP contribution in [0.5, 0.6) is 0 Å². The number of benzene rings is 1. The molecule has 0 spiro atoms. The molecule has 1 aromatic carbocycles. The minimum absolute atomic E-state index is 0.0891. The number of halogens is 1. The van der Waals surface area contributed by atoms with Crippen LogP contribution in [0.25, 0.3) is 10.9 Å². The molecule has 0 radical (unpaired) electrons. The van der Waals surface area contributed by atoms with E-state index in [0.717, 1.165) is 16.6 Å². The number of nitrogens with zero attached hydrogens (tertiary/aromatic N) is 1. The van der Waals surface area contributed by atoms with Gasteiger partial charge in [0.1, 0.15) is 0 Å². The van der Waals surface area contributed by atoms with Crippen LogP contribution in [0.4, 0.5) is 5.69 Å². The molecule has 2 rings (SSSR count). The Kier molecular flexibility index (Phi) is 2.56. The Labute approximate surface area is 85.9 Å². The Bertz CT molecular complexity index is 441. The maximum absolute atomic E-state index is 8.70. The first-order valence-corrected chi connectivity index (χ1v) is 4.66. The highest BCUT2D eigenvalue weighted by atomic mass is 35.5. The van der Waals surface area contributed by atoms with Crippen molar-refractivity contribution in [3.63, 3.8) is 0 Å². The van der Waals surface area contributed by atoms with Crippen LogP contribution in [0.15, 0.2) is 18.3 Å². The highest BCUT2D eigenvalue weighted by Gasteiger charge is 2.03. The Morgan fingerprint density at radius 2 is 2.36 bits per heavy atom. The molecule has 0 amide bonds. The number of aliphatic hydroxyl groups excluding tert-OH is 1. The maximum Gasteiger partial charge on any atom is 0.0686 e. The van der Waals surface area contributed by atoms with Crippen molar-refractivity contribution in [1.29, 1.82) is 0 Å². The molecule has 0 saturated carbocycles. The second kappa shape index (κ2) is 3.86. The molecule has 74 valence electrons. The molecule has 14 heavy (non-hydrogen) atoms. The van der Waals surface area contributed by atoms with Crippen LogP contribution < -0.4 is 5.32 Å². The van der Waals surface area contributed by atoms with Gasteiger partial charge in [0.25, 0.3) is 0 Å². The number of H-pyrrole nitrogens is 1. The number of fused-ring (bicyclic) bond motifs is 1. The summed E-state index contributed by atoms with van der Waals surface area (Å²) in [6, 6.07) is 3.63. The minimum atomic E-state index is 0.0891. The second-order valence-electron chi connectivity index (χ2n) is 2.93. The van der Waals surface area contributed by atoms with E-state index in [1.165, 1.54) is 0 Å². The number of anilines is 1. The molecule has 0 aliphatic rings. The van der Waals surface area contributed by atoms with Gasteiger partial charge in [0.05, 0.1) is 18.3 Å². The van der Waals surface area contributed by atoms with Gasteiger partial charge in [-0.05, 0) is 12.1 Å². The summed E-state index contributed by atoms with van der Waals surface area (Å²) in [5.74, 6) is 0. The fraction of sp³-hybridized carbons (Fsp3) is 0.222. The molecule has 0 aliphatic carbocycles. The first kappa shape index (κ1) is 9.30. The maximum atomic E-state index is 8.70. The average Bonchev–Trinajstić information content (AvgIpc) is 2.61. The van der Waals surface area contributed by atoms with E-state index < -0.39 is 0 Å². The minimum Gasteiger partial charge on any atom is -0.395 e. The first-order chi connectivity index (χ1) is 6.81. The van der Waals surface area contributed by atoms with Gasteiger partial charge in [-0.15, -0.1) is 0 Å². The summed E-state index contributed by atoms with van der Waals surface area (Å²) in [4.78, 5) is 0. The lowest BCUT2D eigenvalue weighted by atomic mass is 10.2. The molecular formula is C9H10ClN3O. The van der Waals surface area contributed by atoms with Gasteiger partial charge >= 0.3 is 0 Å². The van der Waals surface area contributed by atoms with Crippen LogP contribution >= 0.6 is 11.6 Å². The van der Waals surface area contributed by atoms with Crippen LogP contribution in [-0.2, 0) is 0 Å². The van der Waals surface area contributed by atoms with E-state index in [9.17, 15) is 0 Å². The summed E-state index contributed by atoms with van der Waals surface area (Å²) in [6.07, 6.45) is 1.73. The molecule has 4 nitrogen and oxygen atoms in total. The highest BCUT2D eigenvalue weighted by molar-refractivity contribution is 6.31. The quantitative estimate of drug-likeness (QED) is 0.723. The van der Waals surface area contributed by atoms with E-state index >= 15 is 0 Å². The largest absolute Gasteiger partial charge is 0.395 e. The number of aromatic amines is 1. The average molecular weight is 212 g/mol. The third kappa shape index (κ3) is 1.66. The third-order valence-corrected chi connectivity index (χ3v) is 2.17. The van der Waals surface area contributed by atoms with Gasteiger partial charge in [-0.2, -0.15) is 5.10 Å². The number of hydrogen-bond donors (Lipinski definition) is 3. The van der Waals surface area contributed by atoms with Crippen LogP contribution in [0.1, 0.15) is 0 Å². The predicted molar refractivity (Wildman–Crippen MR) is 56.7 cm³/mol. The number of nitrogens with one attached hydrogen (secondary N) is 2. The summed E-state index contributed by atoms with van der Waals surface area (Å²) in [7, 11) is 0. The monoisotopic (exact) mass is 211 g/mol. The zero-order chi connectivity index (χ0) is 9.97. The molecule has 1 heterocycles. The van der Waals surface area contributed by atoms with Gasteiger partial charge in [-0.25, -0.2) is 0 Å². The van der Waals surface area contributed by atoms with Crippen molar-refractivity contribution in [1.82, 2.24) is 10.2 Å². The molecule has 0 fully saturated rings. The van der Waals surface area contributed by atoms with Gasteiger partial charge < -0.3 is 10.4 Å². The van der Waals surface area contributed by atoms with Crippen LogP contribution in [0.2, 0.25) is 5.02 Å². The summed E-state index contributed by atoms with van der Waals surface area (Å²) < 4.78 is 0. The molecular weight excluding hydrogens is 202 g/mol. The molecule has 5 heteroatoms. The van der Waals surface area contributed by atoms with Gasteiger partial charge in [0, 0.05) is 22.6 Å². The van der Waals surface area contributed by atoms with Crippen molar-refractivity contribution < 1.29 is 5.11 Å². The Balaban J connectivity index is 2.44. The van der Waals surface area contributed by atoms with Crippen molar-refractivity contribution in [2.45, 2.75) is 0 Å². The van der Waals surface area contributed by atoms with E-state index in [0.29, 0.717) is 11.6 Å². The van der Waals surface area contributed by atoms with Crippen LogP contribution in [-0.4, -0.2) is 28.5 Å². The zero-order valence-electron chi connectivity index (χ0n) is 7.42. The topological polar surface area (TPSA) is 60.9 Å². The Hall–Kier alpha value is -1.26. The molecule has 0 unspecified atom stereocenters. The molecule has 2 aromatic rings. The third-order valence-electron chi connectivity index (χ3n) is 1.95. The SMILES string of the molecule is OCCNc1cc(Cl)cc2[nH]ncc12. The Morgan fingerprint density at radius 3 is 3.14 bits per heavy atom. The van der Waals surface area contributed by atoms with Gasteiger partial charge in [-0.3, -0.25) is 5.10 Å². The fourth-order valence-electron chi connectivity index (χ4n) is 1.35. The lowest BCUT2D eigenvalue weighted by molar-refractivity contribution is 0.311. The van der Waals surface area contributed by atoms with Crippen molar-refractivity contribution in [2.24, 2.45) is 0 Å². The van der Waals surface area contributed by atoms with E-state index in [1.807, 2.05) is 12.1 Å². The molecule has 0 bridgehead atoms. The molecule has 0 saturated heterocycles. The van der Waals surface area contributed by atoms with Crippen molar-refractivity contribution in [3.8, 4) is 0 Å². The highest BCUT2D eigenvalue weighted by Crippen LogP contribution is 2.26. The van der Waals surface area contributed by atoms with Crippen LogP contribution in [0.3, 0.4) is 0 Å². The van der Waals surface area contributed by atoms with Gasteiger partial charge in [0.2, 0.25) is 0 Å². The lowest BCUT2D eigenvalue weighted by Crippen LogP contribution is -2.05. The van der Waals surface area contributed by atoms with E-state index in [2.05, 4.69) is 15.5 Å². The molecule has 0 aliphatic heterocycles. The van der Waals surface area contributed by atoms with Crippen molar-refractivity contribution in [3.05, 3.63) is 23.4 Å². The van der Waals surface area contributed by atoms with Crippen molar-refractivity contribution in [2.75, 3.05) is 18.5 Å². The zero-order valence-corrected chi connectivity index (χ0v) is 8.17. The van der Waals surface area contributed by atoms with Gasteiger partial charge in [0.15, 0.2) is 0 Å². The lowest BCUT2D eigenvalue weighted by Gasteiger charge is -2.05. The van der Waals surface area contributed by atoms with E-state index in [1.54, 1.807) is 6.20 Å². The summed E-state index contributed by atoms with van der Waals surface area (Å²) >= 11 is 5.91. The molecule has 0 atom stereocenters. The molecule has 3 N–H and O–H groups in total. The first-order valence-electron chi connectivity index (χ1n) is 4.28. The van der Waals surface area contributed by atoms with Crippen LogP contribution in [0, 0.1) is 0 Å². The van der Waals surface area contributed by atoms with E-state index in [-0.39, 0.29) is 6.61 Å². The Morgan fingerprint density at radius 1 is 1.50 bits per heavy atom. The normalized spacial score (nSPS) is 10.7. The summed E-state index contributed by atoms with van der Waals surface area (Å²) in [6.45, 7) is 0.590.